The number of hydrogen-bond donors (Lipinski definition) is 1. The van der Waals surface area contributed by atoms with E-state index in [0.29, 0.717) is 11.8 Å². The van der Waals surface area contributed by atoms with E-state index in [1.807, 2.05) is 18.2 Å². The molecule has 1 rings (SSSR count). The number of thiol groups is 1. The molecular weight excluding hydrogens is 363 g/mol. The summed E-state index contributed by atoms with van der Waals surface area (Å²) in [6.07, 6.45) is 0.462. The topological polar surface area (TPSA) is 17.1 Å². The zero-order valence-corrected chi connectivity index (χ0v) is 11.4. The summed E-state index contributed by atoms with van der Waals surface area (Å²) in [5, 5.41) is 0.408. The molecule has 0 unspecified atom stereocenters. The van der Waals surface area contributed by atoms with Crippen LogP contribution in [0.5, 0.6) is 0 Å². The van der Waals surface area contributed by atoms with E-state index in [4.69, 9.17) is 0 Å². The van der Waals surface area contributed by atoms with Crippen LogP contribution in [0, 0.1) is 3.57 Å². The summed E-state index contributed by atoms with van der Waals surface area (Å²) in [5.41, 5.74) is 1.02. The Bertz CT molecular complexity index is 307. The van der Waals surface area contributed by atoms with Gasteiger partial charge in [0.05, 0.1) is 5.33 Å². The molecule has 0 atom stereocenters. The van der Waals surface area contributed by atoms with Crippen molar-refractivity contribution in [2.45, 2.75) is 11.3 Å². The fraction of sp³-hybridized carbons (Fsp3) is 0.222. The van der Waals surface area contributed by atoms with Gasteiger partial charge in [0.2, 0.25) is 0 Å². The molecule has 13 heavy (non-hydrogen) atoms. The summed E-state index contributed by atoms with van der Waals surface area (Å²) in [6.45, 7) is 0. The van der Waals surface area contributed by atoms with Gasteiger partial charge in [0.1, 0.15) is 5.78 Å². The summed E-state index contributed by atoms with van der Waals surface area (Å²) in [6, 6.07) is 5.82. The highest BCUT2D eigenvalue weighted by Crippen LogP contribution is 2.20. The molecule has 4 heteroatoms. The van der Waals surface area contributed by atoms with Crippen LogP contribution in [0.4, 0.5) is 0 Å². The number of hydrogen-bond acceptors (Lipinski definition) is 2. The number of carbonyl (C=O) groups is 1. The molecule has 1 nitrogen and oxygen atoms in total. The van der Waals surface area contributed by atoms with E-state index in [9.17, 15) is 4.79 Å². The molecule has 0 spiro atoms. The summed E-state index contributed by atoms with van der Waals surface area (Å²) in [7, 11) is 0. The Labute approximate surface area is 105 Å². The number of carbonyl (C=O) groups excluding carboxylic acids is 1. The summed E-state index contributed by atoms with van der Waals surface area (Å²) in [4.78, 5) is 12.1. The number of halogens is 2. The number of rotatable bonds is 3. The van der Waals surface area contributed by atoms with Crippen LogP contribution in [0.3, 0.4) is 0 Å². The van der Waals surface area contributed by atoms with Crippen molar-refractivity contribution < 1.29 is 4.79 Å². The second-order valence-corrected chi connectivity index (χ2v) is 4.79. The second kappa shape index (κ2) is 5.36. The van der Waals surface area contributed by atoms with Gasteiger partial charge in [-0.25, -0.2) is 0 Å². The Morgan fingerprint density at radius 2 is 2.23 bits per heavy atom. The van der Waals surface area contributed by atoms with Crippen LogP contribution in [0.25, 0.3) is 0 Å². The average molecular weight is 371 g/mol. The van der Waals surface area contributed by atoms with Crippen molar-refractivity contribution in [2.75, 3.05) is 5.33 Å². The van der Waals surface area contributed by atoms with Gasteiger partial charge < -0.3 is 0 Å². The minimum absolute atomic E-state index is 0.180. The molecule has 0 saturated heterocycles. The molecule has 0 aliphatic rings. The lowest BCUT2D eigenvalue weighted by Gasteiger charge is -2.05. The Hall–Kier alpha value is 0.450. The number of ketones is 1. The molecule has 0 heterocycles. The first-order valence-electron chi connectivity index (χ1n) is 3.69. The highest BCUT2D eigenvalue weighted by Gasteiger charge is 2.08. The summed E-state index contributed by atoms with van der Waals surface area (Å²) >= 11 is 9.67. The smallest absolute Gasteiger partial charge is 0.147 e. The maximum absolute atomic E-state index is 11.2. The van der Waals surface area contributed by atoms with Gasteiger partial charge in [0.15, 0.2) is 0 Å². The van der Waals surface area contributed by atoms with Gasteiger partial charge in [0, 0.05) is 14.9 Å². The van der Waals surface area contributed by atoms with E-state index in [0.717, 1.165) is 14.0 Å². The molecule has 0 bridgehead atoms. The molecular formula is C9H8BrIOS. The molecule has 0 aliphatic heterocycles. The van der Waals surface area contributed by atoms with Crippen molar-refractivity contribution in [3.05, 3.63) is 27.3 Å². The van der Waals surface area contributed by atoms with Crippen LogP contribution in [0.2, 0.25) is 0 Å². The molecule has 0 aromatic heterocycles. The second-order valence-electron chi connectivity index (χ2n) is 2.59. The molecule has 1 aromatic carbocycles. The Kier molecular flexibility index (Phi) is 4.75. The minimum Gasteiger partial charge on any atom is -0.298 e. The van der Waals surface area contributed by atoms with Gasteiger partial charge in [-0.2, -0.15) is 0 Å². The standard InChI is InChI=1S/C9H8BrIOS/c10-5-6(12)4-7-8(11)2-1-3-9(7)13/h1-3,13H,4-5H2. The first-order valence-corrected chi connectivity index (χ1v) is 6.34. The molecule has 0 fully saturated rings. The largest absolute Gasteiger partial charge is 0.298 e. The first-order chi connectivity index (χ1) is 6.15. The van der Waals surface area contributed by atoms with E-state index in [2.05, 4.69) is 51.1 Å². The normalized spacial score (nSPS) is 10.1. The summed E-state index contributed by atoms with van der Waals surface area (Å²) < 4.78 is 1.10. The third-order valence-corrected chi connectivity index (χ3v) is 3.67. The lowest BCUT2D eigenvalue weighted by molar-refractivity contribution is -0.115. The van der Waals surface area contributed by atoms with E-state index in [-0.39, 0.29) is 5.78 Å². The Morgan fingerprint density at radius 1 is 1.54 bits per heavy atom. The van der Waals surface area contributed by atoms with Crippen molar-refractivity contribution in [2.24, 2.45) is 0 Å². The number of alkyl halides is 1. The molecule has 70 valence electrons. The zero-order valence-electron chi connectivity index (χ0n) is 6.76. The maximum Gasteiger partial charge on any atom is 0.147 e. The lowest BCUT2D eigenvalue weighted by atomic mass is 10.1. The predicted molar refractivity (Wildman–Crippen MR) is 68.9 cm³/mol. The van der Waals surface area contributed by atoms with Crippen LogP contribution in [-0.4, -0.2) is 11.1 Å². The van der Waals surface area contributed by atoms with E-state index in [1.54, 1.807) is 0 Å². The van der Waals surface area contributed by atoms with Crippen LogP contribution < -0.4 is 0 Å². The third kappa shape index (κ3) is 3.25. The quantitative estimate of drug-likeness (QED) is 0.491. The molecule has 0 saturated carbocycles. The maximum atomic E-state index is 11.2. The third-order valence-electron chi connectivity index (χ3n) is 1.62. The van der Waals surface area contributed by atoms with E-state index in [1.165, 1.54) is 0 Å². The SMILES string of the molecule is O=C(CBr)Cc1c(S)cccc1I. The summed E-state index contributed by atoms with van der Waals surface area (Å²) in [5.74, 6) is 0.180. The van der Waals surface area contributed by atoms with Gasteiger partial charge >= 0.3 is 0 Å². The monoisotopic (exact) mass is 370 g/mol. The van der Waals surface area contributed by atoms with Crippen LogP contribution in [0.1, 0.15) is 5.56 Å². The van der Waals surface area contributed by atoms with Crippen molar-refractivity contribution in [1.82, 2.24) is 0 Å². The Balaban J connectivity index is 2.93. The van der Waals surface area contributed by atoms with Crippen LogP contribution >= 0.6 is 51.1 Å². The van der Waals surface area contributed by atoms with Gasteiger partial charge in [-0.1, -0.05) is 22.0 Å². The molecule has 0 radical (unpaired) electrons. The van der Waals surface area contributed by atoms with Crippen LogP contribution in [-0.2, 0) is 11.2 Å². The Morgan fingerprint density at radius 3 is 2.77 bits per heavy atom. The number of Topliss-reactive ketones (excluding diaryl/α,β-unsaturated/α-hetero) is 1. The van der Waals surface area contributed by atoms with Gasteiger partial charge in [0.25, 0.3) is 0 Å². The first kappa shape index (κ1) is 11.5. The van der Waals surface area contributed by atoms with Crippen molar-refractivity contribution >= 4 is 56.9 Å². The van der Waals surface area contributed by atoms with Gasteiger partial charge in [-0.15, -0.1) is 12.6 Å². The van der Waals surface area contributed by atoms with Crippen LogP contribution in [0.15, 0.2) is 23.1 Å². The highest BCUT2D eigenvalue weighted by molar-refractivity contribution is 14.1. The fourth-order valence-corrected chi connectivity index (χ4v) is 2.35. The average Bonchev–Trinajstić information content (AvgIpc) is 2.11. The molecule has 0 N–H and O–H groups in total. The zero-order chi connectivity index (χ0) is 9.84. The molecule has 1 aromatic rings. The van der Waals surface area contributed by atoms with E-state index < -0.39 is 0 Å². The van der Waals surface area contributed by atoms with Crippen molar-refractivity contribution in [3.8, 4) is 0 Å². The highest BCUT2D eigenvalue weighted by atomic mass is 127. The minimum atomic E-state index is 0.180. The molecule has 0 amide bonds. The fourth-order valence-electron chi connectivity index (χ4n) is 0.967. The van der Waals surface area contributed by atoms with Crippen molar-refractivity contribution in [1.29, 1.82) is 0 Å². The van der Waals surface area contributed by atoms with Gasteiger partial charge in [-0.05, 0) is 40.3 Å². The number of benzene rings is 1. The van der Waals surface area contributed by atoms with Crippen molar-refractivity contribution in [3.63, 3.8) is 0 Å². The van der Waals surface area contributed by atoms with E-state index >= 15 is 0 Å². The van der Waals surface area contributed by atoms with Gasteiger partial charge in [-0.3, -0.25) is 4.79 Å². The molecule has 0 aliphatic carbocycles. The lowest BCUT2D eigenvalue weighted by Crippen LogP contribution is -2.05. The predicted octanol–water partition coefficient (Wildman–Crippen LogP) is 3.09.